The van der Waals surface area contributed by atoms with E-state index in [1.54, 1.807) is 24.5 Å². The van der Waals surface area contributed by atoms with Crippen LogP contribution in [0.1, 0.15) is 28.2 Å². The van der Waals surface area contributed by atoms with E-state index in [9.17, 15) is 9.18 Å². The molecule has 6 nitrogen and oxygen atoms in total. The van der Waals surface area contributed by atoms with Gasteiger partial charge >= 0.3 is 0 Å². The van der Waals surface area contributed by atoms with Crippen LogP contribution in [0.25, 0.3) is 11.4 Å². The molecule has 1 aromatic carbocycles. The van der Waals surface area contributed by atoms with Gasteiger partial charge in [-0.25, -0.2) is 4.39 Å². The van der Waals surface area contributed by atoms with Gasteiger partial charge in [-0.1, -0.05) is 0 Å². The van der Waals surface area contributed by atoms with Crippen LogP contribution in [0.4, 0.5) is 4.39 Å². The van der Waals surface area contributed by atoms with Crippen molar-refractivity contribution >= 4 is 5.91 Å². The van der Waals surface area contributed by atoms with Gasteiger partial charge in [-0.05, 0) is 49.2 Å². The first kappa shape index (κ1) is 16.4. The molecule has 4 rings (SSSR count). The van der Waals surface area contributed by atoms with Gasteiger partial charge in [0.25, 0.3) is 5.91 Å². The summed E-state index contributed by atoms with van der Waals surface area (Å²) in [4.78, 5) is 16.5. The van der Waals surface area contributed by atoms with Crippen LogP contribution in [0.3, 0.4) is 0 Å². The van der Waals surface area contributed by atoms with E-state index in [4.69, 9.17) is 0 Å². The Morgan fingerprint density at radius 1 is 1.23 bits per heavy atom. The minimum absolute atomic E-state index is 0.0225. The molecule has 0 aliphatic carbocycles. The van der Waals surface area contributed by atoms with E-state index in [-0.39, 0.29) is 17.8 Å². The van der Waals surface area contributed by atoms with Crippen LogP contribution in [0.5, 0.6) is 0 Å². The third-order valence-electron chi connectivity index (χ3n) is 4.52. The van der Waals surface area contributed by atoms with Crippen LogP contribution in [0, 0.1) is 12.7 Å². The average molecular weight is 351 g/mol. The highest BCUT2D eigenvalue weighted by atomic mass is 19.1. The van der Waals surface area contributed by atoms with Crippen molar-refractivity contribution < 1.29 is 9.18 Å². The minimum atomic E-state index is -0.288. The Hall–Kier alpha value is -3.09. The standard InChI is InChI=1S/C19H18FN5O/c1-12-8-14(10-21-9-12)19(26)22-16-6-7-17-23-24-18(25(17)11-16)13-2-4-15(20)5-3-13/h2-5,8-10,16H,6-7,11H2,1H3,(H,22,26). The second-order valence-corrected chi connectivity index (χ2v) is 6.52. The molecule has 7 heteroatoms. The molecule has 0 bridgehead atoms. The zero-order chi connectivity index (χ0) is 18.1. The highest BCUT2D eigenvalue weighted by Crippen LogP contribution is 2.23. The van der Waals surface area contributed by atoms with E-state index in [1.165, 1.54) is 12.1 Å². The van der Waals surface area contributed by atoms with Crippen molar-refractivity contribution in [3.05, 3.63) is 65.5 Å². The smallest absolute Gasteiger partial charge is 0.253 e. The number of nitrogens with zero attached hydrogens (tertiary/aromatic N) is 4. The van der Waals surface area contributed by atoms with Crippen molar-refractivity contribution in [3.63, 3.8) is 0 Å². The topological polar surface area (TPSA) is 72.7 Å². The summed E-state index contributed by atoms with van der Waals surface area (Å²) < 4.78 is 15.2. The van der Waals surface area contributed by atoms with Gasteiger partial charge in [-0.3, -0.25) is 9.78 Å². The predicted molar refractivity (Wildman–Crippen MR) is 94.0 cm³/mol. The van der Waals surface area contributed by atoms with Crippen molar-refractivity contribution in [1.29, 1.82) is 0 Å². The molecule has 1 unspecified atom stereocenters. The Kier molecular flexibility index (Phi) is 4.20. The molecule has 0 saturated heterocycles. The molecule has 2 aromatic heterocycles. The number of fused-ring (bicyclic) bond motifs is 1. The van der Waals surface area contributed by atoms with Gasteiger partial charge < -0.3 is 9.88 Å². The number of nitrogens with one attached hydrogen (secondary N) is 1. The summed E-state index contributed by atoms with van der Waals surface area (Å²) in [6.07, 6.45) is 4.81. The monoisotopic (exact) mass is 351 g/mol. The van der Waals surface area contributed by atoms with E-state index in [1.807, 2.05) is 17.6 Å². The molecule has 1 N–H and O–H groups in total. The van der Waals surface area contributed by atoms with Crippen LogP contribution >= 0.6 is 0 Å². The summed E-state index contributed by atoms with van der Waals surface area (Å²) in [6, 6.07) is 7.98. The molecule has 0 radical (unpaired) electrons. The fourth-order valence-electron chi connectivity index (χ4n) is 3.21. The van der Waals surface area contributed by atoms with Crippen molar-refractivity contribution in [1.82, 2.24) is 25.1 Å². The summed E-state index contributed by atoms with van der Waals surface area (Å²) in [5.74, 6) is 1.15. The number of hydrogen-bond acceptors (Lipinski definition) is 4. The van der Waals surface area contributed by atoms with E-state index in [0.29, 0.717) is 17.9 Å². The molecule has 1 atom stereocenters. The van der Waals surface area contributed by atoms with Crippen molar-refractivity contribution in [2.45, 2.75) is 32.4 Å². The largest absolute Gasteiger partial charge is 0.347 e. The number of benzene rings is 1. The van der Waals surface area contributed by atoms with Crippen LogP contribution in [-0.4, -0.2) is 31.7 Å². The quantitative estimate of drug-likeness (QED) is 0.787. The first-order valence-electron chi connectivity index (χ1n) is 8.50. The lowest BCUT2D eigenvalue weighted by Crippen LogP contribution is -2.41. The van der Waals surface area contributed by atoms with Crippen LogP contribution in [0.15, 0.2) is 42.7 Å². The van der Waals surface area contributed by atoms with E-state index in [0.717, 1.165) is 29.8 Å². The molecule has 132 valence electrons. The summed E-state index contributed by atoms with van der Waals surface area (Å²) in [7, 11) is 0. The molecule has 1 aliphatic rings. The zero-order valence-electron chi connectivity index (χ0n) is 14.3. The van der Waals surface area contributed by atoms with Gasteiger partial charge in [0.1, 0.15) is 11.6 Å². The summed E-state index contributed by atoms with van der Waals surface area (Å²) in [5.41, 5.74) is 2.30. The van der Waals surface area contributed by atoms with Gasteiger partial charge in [0.05, 0.1) is 5.56 Å². The molecule has 0 fully saturated rings. The SMILES string of the molecule is Cc1cncc(C(=O)NC2CCc3nnc(-c4ccc(F)cc4)n3C2)c1. The summed E-state index contributed by atoms with van der Waals surface area (Å²) in [6.45, 7) is 2.49. The highest BCUT2D eigenvalue weighted by molar-refractivity contribution is 5.94. The lowest BCUT2D eigenvalue weighted by Gasteiger charge is -2.25. The van der Waals surface area contributed by atoms with E-state index in [2.05, 4.69) is 20.5 Å². The third kappa shape index (κ3) is 3.20. The Balaban J connectivity index is 1.53. The molecular weight excluding hydrogens is 333 g/mol. The maximum absolute atomic E-state index is 13.2. The zero-order valence-corrected chi connectivity index (χ0v) is 14.3. The summed E-state index contributed by atoms with van der Waals surface area (Å²) in [5, 5.41) is 11.5. The number of hydrogen-bond donors (Lipinski definition) is 1. The number of carbonyl (C=O) groups excluding carboxylic acids is 1. The Labute approximate surface area is 150 Å². The lowest BCUT2D eigenvalue weighted by molar-refractivity contribution is 0.0927. The molecule has 1 aliphatic heterocycles. The fourth-order valence-corrected chi connectivity index (χ4v) is 3.21. The molecular formula is C19H18FN5O. The normalized spacial score (nSPS) is 16.2. The Morgan fingerprint density at radius 2 is 2.04 bits per heavy atom. The fraction of sp³-hybridized carbons (Fsp3) is 0.263. The van der Waals surface area contributed by atoms with Gasteiger partial charge in [0, 0.05) is 37.0 Å². The molecule has 3 heterocycles. The second kappa shape index (κ2) is 6.67. The van der Waals surface area contributed by atoms with Crippen molar-refractivity contribution in [2.75, 3.05) is 0 Å². The third-order valence-corrected chi connectivity index (χ3v) is 4.52. The minimum Gasteiger partial charge on any atom is -0.347 e. The Morgan fingerprint density at radius 3 is 2.81 bits per heavy atom. The molecule has 26 heavy (non-hydrogen) atoms. The van der Waals surface area contributed by atoms with Gasteiger partial charge in [-0.15, -0.1) is 10.2 Å². The number of amides is 1. The predicted octanol–water partition coefficient (Wildman–Crippen LogP) is 2.53. The van der Waals surface area contributed by atoms with Crippen LogP contribution < -0.4 is 5.32 Å². The number of pyridine rings is 1. The number of aryl methyl sites for hydroxylation is 2. The highest BCUT2D eigenvalue weighted by Gasteiger charge is 2.25. The molecule has 0 saturated carbocycles. The maximum atomic E-state index is 13.2. The number of rotatable bonds is 3. The number of halogens is 1. The van der Waals surface area contributed by atoms with E-state index < -0.39 is 0 Å². The number of aromatic nitrogens is 4. The summed E-state index contributed by atoms with van der Waals surface area (Å²) >= 11 is 0. The second-order valence-electron chi connectivity index (χ2n) is 6.52. The van der Waals surface area contributed by atoms with Crippen LogP contribution in [-0.2, 0) is 13.0 Å². The first-order chi connectivity index (χ1) is 12.6. The number of carbonyl (C=O) groups is 1. The van der Waals surface area contributed by atoms with Gasteiger partial charge in [-0.2, -0.15) is 0 Å². The molecule has 0 spiro atoms. The molecule has 1 amide bonds. The van der Waals surface area contributed by atoms with E-state index >= 15 is 0 Å². The maximum Gasteiger partial charge on any atom is 0.253 e. The molecule has 3 aromatic rings. The van der Waals surface area contributed by atoms with Gasteiger partial charge in [0.15, 0.2) is 5.82 Å². The average Bonchev–Trinajstić information content (AvgIpc) is 3.05. The lowest BCUT2D eigenvalue weighted by atomic mass is 10.1. The first-order valence-corrected chi connectivity index (χ1v) is 8.50. The Bertz CT molecular complexity index is 951. The van der Waals surface area contributed by atoms with Gasteiger partial charge in [0.2, 0.25) is 0 Å². The van der Waals surface area contributed by atoms with Crippen LogP contribution in [0.2, 0.25) is 0 Å². The van der Waals surface area contributed by atoms with Crippen molar-refractivity contribution in [3.8, 4) is 11.4 Å². The van der Waals surface area contributed by atoms with Crippen molar-refractivity contribution in [2.24, 2.45) is 0 Å².